The fourth-order valence-corrected chi connectivity index (χ4v) is 2.88. The summed E-state index contributed by atoms with van der Waals surface area (Å²) in [7, 11) is 1.60. The minimum absolute atomic E-state index is 0.0822. The summed E-state index contributed by atoms with van der Waals surface area (Å²) in [6.07, 6.45) is 1.66. The zero-order valence-corrected chi connectivity index (χ0v) is 13.7. The van der Waals surface area contributed by atoms with Crippen LogP contribution in [0.4, 0.5) is 5.13 Å². The Morgan fingerprint density at radius 3 is 2.92 bits per heavy atom. The van der Waals surface area contributed by atoms with E-state index in [-0.39, 0.29) is 12.3 Å². The van der Waals surface area contributed by atoms with E-state index in [2.05, 4.69) is 20.7 Å². The van der Waals surface area contributed by atoms with E-state index in [0.717, 1.165) is 16.3 Å². The number of hydrazone groups is 1. The lowest BCUT2D eigenvalue weighted by Crippen LogP contribution is -2.19. The monoisotopic (exact) mass is 341 g/mol. The predicted molar refractivity (Wildman–Crippen MR) is 94.3 cm³/mol. The third-order valence-electron chi connectivity index (χ3n) is 3.33. The number of aromatic nitrogens is 2. The lowest BCUT2D eigenvalue weighted by Gasteiger charge is -2.08. The van der Waals surface area contributed by atoms with Crippen molar-refractivity contribution in [2.75, 3.05) is 12.8 Å². The Morgan fingerprint density at radius 1 is 1.33 bits per heavy atom. The van der Waals surface area contributed by atoms with Crippen LogP contribution in [0.25, 0.3) is 10.8 Å². The van der Waals surface area contributed by atoms with Crippen LogP contribution < -0.4 is 15.9 Å². The summed E-state index contributed by atoms with van der Waals surface area (Å²) in [6.45, 7) is 0. The highest BCUT2D eigenvalue weighted by atomic mass is 32.1. The zero-order valence-electron chi connectivity index (χ0n) is 12.9. The number of ether oxygens (including phenoxy) is 1. The van der Waals surface area contributed by atoms with Crippen molar-refractivity contribution in [3.05, 3.63) is 47.0 Å². The van der Waals surface area contributed by atoms with Crippen molar-refractivity contribution in [1.82, 2.24) is 15.6 Å². The fourth-order valence-electron chi connectivity index (χ4n) is 2.27. The number of anilines is 1. The minimum Gasteiger partial charge on any atom is -0.496 e. The van der Waals surface area contributed by atoms with Gasteiger partial charge in [0.1, 0.15) is 10.8 Å². The maximum atomic E-state index is 11.9. The van der Waals surface area contributed by atoms with E-state index >= 15 is 0 Å². The SMILES string of the molecule is COc1ccc2ccccc2c1C=NNC(=O)Cc1nnc(N)s1. The highest BCUT2D eigenvalue weighted by molar-refractivity contribution is 7.15. The van der Waals surface area contributed by atoms with E-state index in [0.29, 0.717) is 15.9 Å². The molecule has 1 amide bonds. The zero-order chi connectivity index (χ0) is 16.9. The molecule has 7 nitrogen and oxygen atoms in total. The molecule has 3 aromatic rings. The standard InChI is InChI=1S/C16H15N5O2S/c1-23-13-7-6-10-4-2-3-5-11(10)12(13)9-18-19-14(22)8-15-20-21-16(17)24-15/h2-7,9H,8H2,1H3,(H2,17,21)(H,19,22). The normalized spacial score (nSPS) is 11.0. The summed E-state index contributed by atoms with van der Waals surface area (Å²) in [6, 6.07) is 11.7. The number of methoxy groups -OCH3 is 1. The van der Waals surface area contributed by atoms with E-state index in [4.69, 9.17) is 10.5 Å². The van der Waals surface area contributed by atoms with Crippen molar-refractivity contribution < 1.29 is 9.53 Å². The van der Waals surface area contributed by atoms with Crippen molar-refractivity contribution in [2.45, 2.75) is 6.42 Å². The molecule has 0 aliphatic carbocycles. The molecule has 0 aliphatic rings. The van der Waals surface area contributed by atoms with E-state index in [1.807, 2.05) is 36.4 Å². The largest absolute Gasteiger partial charge is 0.496 e. The number of nitrogens with one attached hydrogen (secondary N) is 1. The Kier molecular flexibility index (Phi) is 4.66. The molecular formula is C16H15N5O2S. The third-order valence-corrected chi connectivity index (χ3v) is 4.08. The van der Waals surface area contributed by atoms with Gasteiger partial charge in [0.25, 0.3) is 0 Å². The number of hydrogen-bond donors (Lipinski definition) is 2. The van der Waals surface area contributed by atoms with Crippen LogP contribution in [0.5, 0.6) is 5.75 Å². The van der Waals surface area contributed by atoms with Crippen LogP contribution >= 0.6 is 11.3 Å². The molecular weight excluding hydrogens is 326 g/mol. The van der Waals surface area contributed by atoms with Gasteiger partial charge in [-0.15, -0.1) is 10.2 Å². The van der Waals surface area contributed by atoms with Gasteiger partial charge in [-0.3, -0.25) is 4.79 Å². The summed E-state index contributed by atoms with van der Waals surface area (Å²) in [4.78, 5) is 11.9. The second kappa shape index (κ2) is 7.05. The molecule has 0 spiro atoms. The number of rotatable bonds is 5. The van der Waals surface area contributed by atoms with Crippen LogP contribution in [0.2, 0.25) is 0 Å². The molecule has 0 fully saturated rings. The van der Waals surface area contributed by atoms with Gasteiger partial charge in [0, 0.05) is 5.56 Å². The van der Waals surface area contributed by atoms with E-state index in [1.54, 1.807) is 13.3 Å². The summed E-state index contributed by atoms with van der Waals surface area (Å²) < 4.78 is 5.37. The van der Waals surface area contributed by atoms with Gasteiger partial charge < -0.3 is 10.5 Å². The summed E-state index contributed by atoms with van der Waals surface area (Å²) in [5, 5.41) is 14.4. The predicted octanol–water partition coefficient (Wildman–Crippen LogP) is 1.97. The molecule has 122 valence electrons. The van der Waals surface area contributed by atoms with Crippen molar-refractivity contribution in [2.24, 2.45) is 5.10 Å². The number of hydrogen-bond acceptors (Lipinski definition) is 7. The van der Waals surface area contributed by atoms with Crippen LogP contribution in [0.1, 0.15) is 10.6 Å². The Morgan fingerprint density at radius 2 is 2.17 bits per heavy atom. The Bertz CT molecular complexity index is 906. The summed E-state index contributed by atoms with van der Waals surface area (Å²) >= 11 is 1.18. The van der Waals surface area contributed by atoms with Crippen molar-refractivity contribution in [1.29, 1.82) is 0 Å². The number of nitrogens with zero attached hydrogens (tertiary/aromatic N) is 3. The number of carbonyl (C=O) groups is 1. The van der Waals surface area contributed by atoms with Crippen LogP contribution in [-0.4, -0.2) is 29.4 Å². The lowest BCUT2D eigenvalue weighted by atomic mass is 10.0. The number of benzene rings is 2. The van der Waals surface area contributed by atoms with Gasteiger partial charge >= 0.3 is 0 Å². The topological polar surface area (TPSA) is 102 Å². The van der Waals surface area contributed by atoms with Gasteiger partial charge in [-0.25, -0.2) is 5.43 Å². The highest BCUT2D eigenvalue weighted by Crippen LogP contribution is 2.26. The first-order chi connectivity index (χ1) is 11.7. The lowest BCUT2D eigenvalue weighted by molar-refractivity contribution is -0.120. The second-order valence-corrected chi connectivity index (χ2v) is 6.00. The molecule has 0 unspecified atom stereocenters. The van der Waals surface area contributed by atoms with Gasteiger partial charge in [0.05, 0.1) is 19.7 Å². The van der Waals surface area contributed by atoms with Gasteiger partial charge in [-0.1, -0.05) is 41.7 Å². The number of nitrogens with two attached hydrogens (primary N) is 1. The number of fused-ring (bicyclic) bond motifs is 1. The van der Waals surface area contributed by atoms with Gasteiger partial charge in [0.15, 0.2) is 0 Å². The first-order valence-electron chi connectivity index (χ1n) is 7.13. The van der Waals surface area contributed by atoms with E-state index < -0.39 is 0 Å². The molecule has 24 heavy (non-hydrogen) atoms. The average Bonchev–Trinajstić information content (AvgIpc) is 2.99. The maximum Gasteiger partial charge on any atom is 0.247 e. The molecule has 0 aliphatic heterocycles. The third kappa shape index (κ3) is 3.49. The number of amides is 1. The summed E-state index contributed by atoms with van der Waals surface area (Å²) in [5.41, 5.74) is 8.76. The minimum atomic E-state index is -0.290. The van der Waals surface area contributed by atoms with Crippen molar-refractivity contribution >= 4 is 39.4 Å². The van der Waals surface area contributed by atoms with Crippen LogP contribution in [0.3, 0.4) is 0 Å². The van der Waals surface area contributed by atoms with Crippen LogP contribution in [-0.2, 0) is 11.2 Å². The van der Waals surface area contributed by atoms with Crippen LogP contribution in [0.15, 0.2) is 41.5 Å². The summed E-state index contributed by atoms with van der Waals surface area (Å²) in [5.74, 6) is 0.394. The smallest absolute Gasteiger partial charge is 0.247 e. The first-order valence-corrected chi connectivity index (χ1v) is 7.94. The first kappa shape index (κ1) is 15.9. The van der Waals surface area contributed by atoms with Crippen molar-refractivity contribution in [3.8, 4) is 5.75 Å². The fraction of sp³-hybridized carbons (Fsp3) is 0.125. The van der Waals surface area contributed by atoms with Crippen molar-refractivity contribution in [3.63, 3.8) is 0 Å². The van der Waals surface area contributed by atoms with Gasteiger partial charge in [-0.2, -0.15) is 5.10 Å². The van der Waals surface area contributed by atoms with E-state index in [1.165, 1.54) is 11.3 Å². The molecule has 0 saturated carbocycles. The number of carbonyl (C=O) groups excluding carboxylic acids is 1. The molecule has 1 heterocycles. The van der Waals surface area contributed by atoms with E-state index in [9.17, 15) is 4.79 Å². The van der Waals surface area contributed by atoms with Gasteiger partial charge in [0.2, 0.25) is 11.0 Å². The molecule has 0 bridgehead atoms. The number of nitrogen functional groups attached to an aromatic ring is 1. The second-order valence-electron chi connectivity index (χ2n) is 4.91. The molecule has 1 aromatic heterocycles. The Labute approximate surface area is 142 Å². The molecule has 3 N–H and O–H groups in total. The quantitative estimate of drug-likeness (QED) is 0.546. The van der Waals surface area contributed by atoms with Crippen LogP contribution in [0, 0.1) is 0 Å². The highest BCUT2D eigenvalue weighted by Gasteiger charge is 2.08. The molecule has 0 atom stereocenters. The molecule has 8 heteroatoms. The Balaban J connectivity index is 1.76. The molecule has 2 aromatic carbocycles. The molecule has 3 rings (SSSR count). The maximum absolute atomic E-state index is 11.9. The molecule has 0 saturated heterocycles. The average molecular weight is 341 g/mol. The molecule has 0 radical (unpaired) electrons. The van der Waals surface area contributed by atoms with Gasteiger partial charge in [-0.05, 0) is 16.8 Å². The Hall–Kier alpha value is -3.00.